The first-order valence-corrected chi connectivity index (χ1v) is 12.0. The number of anilines is 1. The van der Waals surface area contributed by atoms with E-state index in [2.05, 4.69) is 5.10 Å². The summed E-state index contributed by atoms with van der Waals surface area (Å²) in [5.74, 6) is -5.53. The van der Waals surface area contributed by atoms with Gasteiger partial charge in [0, 0.05) is 54.6 Å². The number of hydrogen-bond donors (Lipinski definition) is 0. The molecule has 0 unspecified atom stereocenters. The van der Waals surface area contributed by atoms with Crippen LogP contribution in [0.2, 0.25) is 0 Å². The Balaban J connectivity index is 1.69. The summed E-state index contributed by atoms with van der Waals surface area (Å²) in [5.41, 5.74) is 1.17. The van der Waals surface area contributed by atoms with Gasteiger partial charge in [0.15, 0.2) is 17.5 Å². The molecule has 200 valence electrons. The first-order valence-electron chi connectivity index (χ1n) is 12.0. The number of ketones is 1. The molecule has 1 aliphatic rings. The van der Waals surface area contributed by atoms with E-state index in [1.807, 2.05) is 0 Å². The lowest BCUT2D eigenvalue weighted by Gasteiger charge is -2.28. The number of aromatic nitrogens is 3. The summed E-state index contributed by atoms with van der Waals surface area (Å²) in [4.78, 5) is 15.1. The molecule has 0 saturated carbocycles. The van der Waals surface area contributed by atoms with Crippen LogP contribution in [0.4, 0.5) is 32.0 Å². The highest BCUT2D eigenvalue weighted by atomic mass is 19.4. The molecule has 5 aromatic rings. The lowest BCUT2D eigenvalue weighted by Crippen LogP contribution is -2.24. The van der Waals surface area contributed by atoms with Crippen LogP contribution < -0.4 is 4.90 Å². The van der Waals surface area contributed by atoms with E-state index in [0.717, 1.165) is 6.07 Å². The zero-order valence-corrected chi connectivity index (χ0v) is 20.9. The van der Waals surface area contributed by atoms with E-state index in [1.165, 1.54) is 22.7 Å². The second-order valence-electron chi connectivity index (χ2n) is 9.70. The maximum absolute atomic E-state index is 14.6. The number of nitrogens with zero attached hydrogens (tertiary/aromatic N) is 4. The van der Waals surface area contributed by atoms with Crippen LogP contribution >= 0.6 is 0 Å². The van der Waals surface area contributed by atoms with Crippen molar-refractivity contribution in [3.05, 3.63) is 88.1 Å². The molecule has 5 nitrogen and oxygen atoms in total. The van der Waals surface area contributed by atoms with Crippen LogP contribution in [0.3, 0.4) is 0 Å². The van der Waals surface area contributed by atoms with Gasteiger partial charge in [-0.25, -0.2) is 13.2 Å². The Labute approximate surface area is 217 Å². The fourth-order valence-electron chi connectivity index (χ4n) is 5.44. The predicted octanol–water partition coefficient (Wildman–Crippen LogP) is 6.46. The third-order valence-corrected chi connectivity index (χ3v) is 7.42. The molecule has 0 spiro atoms. The molecular weight excluding hydrogens is 522 g/mol. The van der Waals surface area contributed by atoms with E-state index in [4.69, 9.17) is 0 Å². The highest BCUT2D eigenvalue weighted by Crippen LogP contribution is 2.49. The Bertz CT molecular complexity index is 1830. The van der Waals surface area contributed by atoms with E-state index >= 15 is 0 Å². The molecule has 0 bridgehead atoms. The third kappa shape index (κ3) is 3.63. The van der Waals surface area contributed by atoms with Crippen molar-refractivity contribution in [2.75, 3.05) is 18.5 Å². The molecule has 0 N–H and O–H groups in total. The Kier molecular flexibility index (Phi) is 5.36. The number of carbonyl (C=O) groups excluding carboxylic acids is 1. The Morgan fingerprint density at radius 3 is 2.38 bits per heavy atom. The first kappa shape index (κ1) is 25.0. The molecule has 6 rings (SSSR count). The van der Waals surface area contributed by atoms with Gasteiger partial charge in [0.1, 0.15) is 5.52 Å². The first-order chi connectivity index (χ1) is 18.4. The van der Waals surface area contributed by atoms with Crippen molar-refractivity contribution >= 4 is 27.9 Å². The van der Waals surface area contributed by atoms with E-state index in [-0.39, 0.29) is 16.8 Å². The fraction of sp³-hybridized carbons (Fsp3) is 0.214. The number of pyridine rings is 1. The number of carbonyl (C=O) groups is 1. The summed E-state index contributed by atoms with van der Waals surface area (Å²) in [6.45, 7) is 2.01. The summed E-state index contributed by atoms with van der Waals surface area (Å²) < 4.78 is 88.2. The Morgan fingerprint density at radius 2 is 1.72 bits per heavy atom. The minimum Gasteiger partial charge on any atom is -0.372 e. The molecule has 0 amide bonds. The van der Waals surface area contributed by atoms with Crippen molar-refractivity contribution in [3.8, 4) is 11.1 Å². The number of fused-ring (bicyclic) bond motifs is 4. The number of rotatable bonds is 2. The van der Waals surface area contributed by atoms with E-state index in [9.17, 15) is 31.1 Å². The van der Waals surface area contributed by atoms with Gasteiger partial charge in [0.25, 0.3) is 0 Å². The average Bonchev–Trinajstić information content (AvgIpc) is 3.39. The van der Waals surface area contributed by atoms with Crippen molar-refractivity contribution in [3.63, 3.8) is 0 Å². The van der Waals surface area contributed by atoms with Crippen LogP contribution in [0, 0.1) is 24.4 Å². The number of likely N-dealkylation sites (N-methyl/N-ethyl adjacent to an activating group) is 1. The molecule has 0 aliphatic carbocycles. The number of benzene rings is 2. The molecule has 39 heavy (non-hydrogen) atoms. The van der Waals surface area contributed by atoms with E-state index in [1.54, 1.807) is 36.7 Å². The molecule has 2 aromatic carbocycles. The topological polar surface area (TPSA) is 42.5 Å². The summed E-state index contributed by atoms with van der Waals surface area (Å²) in [6.07, 6.45) is -2.84. The minimum atomic E-state index is -4.71. The number of hydrogen-bond acceptors (Lipinski definition) is 3. The second-order valence-corrected chi connectivity index (χ2v) is 9.70. The smallest absolute Gasteiger partial charge is 0.372 e. The summed E-state index contributed by atoms with van der Waals surface area (Å²) in [7, 11) is 3.36. The molecule has 0 atom stereocenters. The van der Waals surface area contributed by atoms with Crippen LogP contribution in [0.1, 0.15) is 32.9 Å². The van der Waals surface area contributed by atoms with Gasteiger partial charge >= 0.3 is 6.18 Å². The molecular formula is C28H20F6N4O. The largest absolute Gasteiger partial charge is 0.417 e. The van der Waals surface area contributed by atoms with Crippen LogP contribution in [-0.4, -0.2) is 33.6 Å². The van der Waals surface area contributed by atoms with Crippen molar-refractivity contribution < 1.29 is 31.1 Å². The van der Waals surface area contributed by atoms with Crippen molar-refractivity contribution in [1.29, 1.82) is 0 Å². The van der Waals surface area contributed by atoms with Gasteiger partial charge in [-0.15, -0.1) is 0 Å². The van der Waals surface area contributed by atoms with Gasteiger partial charge in [0.05, 0.1) is 22.5 Å². The molecule has 3 aromatic heterocycles. The average molecular weight is 542 g/mol. The quantitative estimate of drug-likeness (QED) is 0.146. The van der Waals surface area contributed by atoms with Gasteiger partial charge in [-0.3, -0.25) is 9.48 Å². The maximum Gasteiger partial charge on any atom is 0.417 e. The SMILES string of the molecule is Cc1c2cc(C(F)(F)F)c3c(c2nn1C)N(C)CCc1cc(C(=O)c2cc(F)c(F)c(F)c2)n2cccc-3c12. The fourth-order valence-corrected chi connectivity index (χ4v) is 5.44. The van der Waals surface area contributed by atoms with Crippen molar-refractivity contribution in [1.82, 2.24) is 14.2 Å². The zero-order valence-electron chi connectivity index (χ0n) is 20.9. The van der Waals surface area contributed by atoms with Gasteiger partial charge in [-0.1, -0.05) is 6.07 Å². The number of alkyl halides is 3. The van der Waals surface area contributed by atoms with Crippen LogP contribution in [0.15, 0.2) is 42.6 Å². The van der Waals surface area contributed by atoms with Crippen molar-refractivity contribution in [2.45, 2.75) is 19.5 Å². The minimum absolute atomic E-state index is 0.0123. The number of halogens is 6. The highest BCUT2D eigenvalue weighted by molar-refractivity contribution is 6.11. The maximum atomic E-state index is 14.6. The molecule has 0 saturated heterocycles. The monoisotopic (exact) mass is 542 g/mol. The lowest BCUT2D eigenvalue weighted by atomic mass is 9.91. The third-order valence-electron chi connectivity index (χ3n) is 7.42. The van der Waals surface area contributed by atoms with Gasteiger partial charge in [-0.05, 0) is 49.2 Å². The second kappa shape index (κ2) is 8.36. The Morgan fingerprint density at radius 1 is 1.03 bits per heavy atom. The lowest BCUT2D eigenvalue weighted by molar-refractivity contribution is -0.137. The molecule has 0 fully saturated rings. The van der Waals surface area contributed by atoms with Crippen LogP contribution in [0.25, 0.3) is 27.5 Å². The summed E-state index contributed by atoms with van der Waals surface area (Å²) in [5, 5.41) is 4.92. The predicted molar refractivity (Wildman–Crippen MR) is 134 cm³/mol. The zero-order chi connectivity index (χ0) is 28.0. The molecule has 1 aliphatic heterocycles. The molecule has 0 radical (unpaired) electrons. The van der Waals surface area contributed by atoms with E-state index < -0.39 is 40.5 Å². The number of aryl methyl sites for hydroxylation is 2. The molecule has 4 heterocycles. The van der Waals surface area contributed by atoms with Gasteiger partial charge < -0.3 is 9.30 Å². The Hall–Kier alpha value is -4.28. The summed E-state index contributed by atoms with van der Waals surface area (Å²) >= 11 is 0. The van der Waals surface area contributed by atoms with E-state index in [0.29, 0.717) is 58.5 Å². The van der Waals surface area contributed by atoms with Crippen LogP contribution in [-0.2, 0) is 19.6 Å². The van der Waals surface area contributed by atoms with Gasteiger partial charge in [0.2, 0.25) is 5.78 Å². The molecule has 11 heteroatoms. The normalized spacial score (nSPS) is 13.6. The summed E-state index contributed by atoms with van der Waals surface area (Å²) in [6, 6.07) is 6.89. The van der Waals surface area contributed by atoms with Crippen LogP contribution in [0.5, 0.6) is 0 Å². The highest BCUT2D eigenvalue weighted by Gasteiger charge is 2.39. The standard InChI is InChI=1S/C28H20F6N4O/c1-13-17-12-18(28(32,33)34)22-16-5-4-7-38-21(27(39)15-9-19(29)23(31)20(30)10-15)11-14(25(16)38)6-8-36(2)26(22)24(17)35-37(13)3/h4-5,7,9-12H,6,8H2,1-3H3. The van der Waals surface area contributed by atoms with Gasteiger partial charge in [-0.2, -0.15) is 18.3 Å². The van der Waals surface area contributed by atoms with Crippen molar-refractivity contribution in [2.24, 2.45) is 7.05 Å².